The summed E-state index contributed by atoms with van der Waals surface area (Å²) < 4.78 is 5.72. The summed E-state index contributed by atoms with van der Waals surface area (Å²) in [6.07, 6.45) is 2.00. The number of nitrogens with one attached hydrogen (secondary N) is 1. The van der Waals surface area contributed by atoms with Crippen LogP contribution in [-0.4, -0.2) is 25.1 Å². The van der Waals surface area contributed by atoms with E-state index in [9.17, 15) is 4.79 Å². The molecule has 0 aromatic heterocycles. The Balaban J connectivity index is 1.88. The fourth-order valence-corrected chi connectivity index (χ4v) is 2.33. The molecule has 0 radical (unpaired) electrons. The molecular weight excluding hydrogens is 240 g/mol. The van der Waals surface area contributed by atoms with Gasteiger partial charge in [0.25, 0.3) is 0 Å². The highest BCUT2D eigenvalue weighted by Crippen LogP contribution is 2.29. The molecule has 2 atom stereocenters. The van der Waals surface area contributed by atoms with Crippen LogP contribution in [0.25, 0.3) is 0 Å². The number of carbonyl (C=O) groups excluding carboxylic acids is 1. The fraction of sp³-hybridized carbons (Fsp3) is 0.533. The third kappa shape index (κ3) is 4.04. The van der Waals surface area contributed by atoms with Crippen LogP contribution >= 0.6 is 0 Å². The molecule has 1 aliphatic heterocycles. The molecule has 4 heteroatoms. The summed E-state index contributed by atoms with van der Waals surface area (Å²) in [6.45, 7) is 3.26. The minimum Gasteiger partial charge on any atom is -0.373 e. The molecule has 1 aromatic carbocycles. The van der Waals surface area contributed by atoms with Gasteiger partial charge in [0.1, 0.15) is 0 Å². The van der Waals surface area contributed by atoms with Crippen LogP contribution in [0.2, 0.25) is 0 Å². The second-order valence-electron chi connectivity index (χ2n) is 5.13. The van der Waals surface area contributed by atoms with Crippen LogP contribution in [0.5, 0.6) is 0 Å². The van der Waals surface area contributed by atoms with E-state index in [1.807, 2.05) is 25.1 Å². The first-order valence-electron chi connectivity index (χ1n) is 6.88. The Kier molecular flexibility index (Phi) is 4.93. The molecule has 3 N–H and O–H groups in total. The van der Waals surface area contributed by atoms with Crippen LogP contribution in [0.15, 0.2) is 24.3 Å². The van der Waals surface area contributed by atoms with Crippen molar-refractivity contribution in [3.63, 3.8) is 0 Å². The Bertz CT molecular complexity index is 432. The van der Waals surface area contributed by atoms with E-state index < -0.39 is 0 Å². The van der Waals surface area contributed by atoms with Gasteiger partial charge in [0.05, 0.1) is 19.1 Å². The van der Waals surface area contributed by atoms with E-state index in [4.69, 9.17) is 10.5 Å². The van der Waals surface area contributed by atoms with Gasteiger partial charge in [-0.2, -0.15) is 0 Å². The third-order valence-electron chi connectivity index (χ3n) is 3.39. The molecule has 0 saturated heterocycles. The molecule has 19 heavy (non-hydrogen) atoms. The summed E-state index contributed by atoms with van der Waals surface area (Å²) in [5.74, 6) is 0.0300. The summed E-state index contributed by atoms with van der Waals surface area (Å²) in [6, 6.07) is 8.30. The number of benzene rings is 1. The highest BCUT2D eigenvalue weighted by Gasteiger charge is 2.22. The highest BCUT2D eigenvalue weighted by molar-refractivity contribution is 5.76. The minimum atomic E-state index is -0.111. The number of ether oxygens (including phenoxy) is 1. The molecule has 1 aliphatic rings. The van der Waals surface area contributed by atoms with Crippen LogP contribution in [0, 0.1) is 0 Å². The Morgan fingerprint density at radius 1 is 1.53 bits per heavy atom. The van der Waals surface area contributed by atoms with Gasteiger partial charge in [0.2, 0.25) is 5.91 Å². The molecule has 0 spiro atoms. The van der Waals surface area contributed by atoms with E-state index in [0.717, 1.165) is 18.4 Å². The Hall–Kier alpha value is -1.39. The lowest BCUT2D eigenvalue weighted by Crippen LogP contribution is -2.31. The average Bonchev–Trinajstić information content (AvgIpc) is 2.39. The number of carbonyl (C=O) groups is 1. The van der Waals surface area contributed by atoms with Crippen LogP contribution in [-0.2, 0) is 16.0 Å². The minimum absolute atomic E-state index is 0.0300. The largest absolute Gasteiger partial charge is 0.373 e. The van der Waals surface area contributed by atoms with Gasteiger partial charge in [0.15, 0.2) is 0 Å². The summed E-state index contributed by atoms with van der Waals surface area (Å²) >= 11 is 0. The number of amides is 1. The molecule has 1 heterocycles. The molecule has 1 aromatic rings. The second-order valence-corrected chi connectivity index (χ2v) is 5.13. The maximum Gasteiger partial charge on any atom is 0.222 e. The van der Waals surface area contributed by atoms with Crippen LogP contribution < -0.4 is 11.1 Å². The van der Waals surface area contributed by atoms with Crippen molar-refractivity contribution in [1.82, 2.24) is 5.32 Å². The highest BCUT2D eigenvalue weighted by atomic mass is 16.5. The monoisotopic (exact) mass is 262 g/mol. The molecule has 0 fully saturated rings. The summed E-state index contributed by atoms with van der Waals surface area (Å²) in [5, 5.41) is 2.89. The lowest BCUT2D eigenvalue weighted by Gasteiger charge is -2.25. The van der Waals surface area contributed by atoms with Gasteiger partial charge < -0.3 is 15.8 Å². The molecule has 0 aliphatic carbocycles. The molecule has 104 valence electrons. The van der Waals surface area contributed by atoms with E-state index in [1.165, 1.54) is 5.56 Å². The van der Waals surface area contributed by atoms with Gasteiger partial charge in [-0.1, -0.05) is 24.3 Å². The second kappa shape index (κ2) is 6.68. The van der Waals surface area contributed by atoms with Gasteiger partial charge in [-0.15, -0.1) is 0 Å². The van der Waals surface area contributed by atoms with E-state index >= 15 is 0 Å². The van der Waals surface area contributed by atoms with Gasteiger partial charge in [0, 0.05) is 12.6 Å². The smallest absolute Gasteiger partial charge is 0.222 e. The number of hydrogen-bond donors (Lipinski definition) is 2. The third-order valence-corrected chi connectivity index (χ3v) is 3.39. The molecule has 1 amide bonds. The predicted molar refractivity (Wildman–Crippen MR) is 74.7 cm³/mol. The summed E-state index contributed by atoms with van der Waals surface area (Å²) in [4.78, 5) is 11.9. The zero-order chi connectivity index (χ0) is 13.7. The first kappa shape index (κ1) is 14.0. The molecule has 0 bridgehead atoms. The topological polar surface area (TPSA) is 64.3 Å². The maximum absolute atomic E-state index is 11.9. The van der Waals surface area contributed by atoms with Crippen LogP contribution in [0.4, 0.5) is 0 Å². The van der Waals surface area contributed by atoms with Crippen molar-refractivity contribution >= 4 is 5.91 Å². The van der Waals surface area contributed by atoms with Gasteiger partial charge in [-0.05, 0) is 30.9 Å². The molecule has 4 nitrogen and oxygen atoms in total. The van der Waals surface area contributed by atoms with Crippen molar-refractivity contribution in [3.8, 4) is 0 Å². The van der Waals surface area contributed by atoms with Gasteiger partial charge in [-0.3, -0.25) is 4.79 Å². The summed E-state index contributed by atoms with van der Waals surface area (Å²) in [5.41, 5.74) is 8.09. The first-order valence-corrected chi connectivity index (χ1v) is 6.88. The molecular formula is C15H22N2O2. The molecule has 2 unspecified atom stereocenters. The van der Waals surface area contributed by atoms with Crippen molar-refractivity contribution in [2.45, 2.75) is 38.3 Å². The van der Waals surface area contributed by atoms with E-state index in [0.29, 0.717) is 19.6 Å². The van der Waals surface area contributed by atoms with E-state index in [1.54, 1.807) is 0 Å². The van der Waals surface area contributed by atoms with E-state index in [-0.39, 0.29) is 18.1 Å². The maximum atomic E-state index is 11.9. The normalized spacial score (nSPS) is 19.6. The average molecular weight is 262 g/mol. The zero-order valence-electron chi connectivity index (χ0n) is 11.4. The van der Waals surface area contributed by atoms with Crippen molar-refractivity contribution < 1.29 is 9.53 Å². The summed E-state index contributed by atoms with van der Waals surface area (Å²) in [7, 11) is 0. The lowest BCUT2D eigenvalue weighted by atomic mass is 9.95. The zero-order valence-corrected chi connectivity index (χ0v) is 11.4. The van der Waals surface area contributed by atoms with Crippen molar-refractivity contribution in [2.75, 3.05) is 13.2 Å². The molecule has 2 rings (SSSR count). The van der Waals surface area contributed by atoms with Crippen LogP contribution in [0.3, 0.4) is 0 Å². The molecule has 0 saturated carbocycles. The number of hydrogen-bond acceptors (Lipinski definition) is 3. The number of fused-ring (bicyclic) bond motifs is 1. The predicted octanol–water partition coefficient (Wildman–Crippen LogP) is 1.54. The first-order chi connectivity index (χ1) is 9.16. The van der Waals surface area contributed by atoms with Gasteiger partial charge in [-0.25, -0.2) is 0 Å². The number of nitrogens with two attached hydrogens (primary N) is 1. The Morgan fingerprint density at radius 2 is 2.32 bits per heavy atom. The number of rotatable bonds is 5. The quantitative estimate of drug-likeness (QED) is 0.846. The fourth-order valence-electron chi connectivity index (χ4n) is 2.33. The van der Waals surface area contributed by atoms with Gasteiger partial charge >= 0.3 is 0 Å². The van der Waals surface area contributed by atoms with Crippen molar-refractivity contribution in [3.05, 3.63) is 35.4 Å². The van der Waals surface area contributed by atoms with E-state index in [2.05, 4.69) is 11.4 Å². The standard InChI is InChI=1S/C15H22N2O2/c1-11(16)6-8-17-15(18)10-14-13-5-3-2-4-12(13)7-9-19-14/h2-5,11,14H,6-10,16H2,1H3,(H,17,18). The van der Waals surface area contributed by atoms with Crippen molar-refractivity contribution in [1.29, 1.82) is 0 Å². The van der Waals surface area contributed by atoms with Crippen LogP contribution in [0.1, 0.15) is 37.0 Å². The Morgan fingerprint density at radius 3 is 3.11 bits per heavy atom. The van der Waals surface area contributed by atoms with Crippen molar-refractivity contribution in [2.24, 2.45) is 5.73 Å². The SMILES string of the molecule is CC(N)CCNC(=O)CC1OCCc2ccccc21. The lowest BCUT2D eigenvalue weighted by molar-refractivity contribution is -0.124. The Labute approximate surface area is 114 Å².